The Balaban J connectivity index is 1.74. The molecule has 5 nitrogen and oxygen atoms in total. The molecule has 3 rings (SSSR count). The van der Waals surface area contributed by atoms with Crippen molar-refractivity contribution >= 4 is 28.3 Å². The fourth-order valence-electron chi connectivity index (χ4n) is 2.15. The summed E-state index contributed by atoms with van der Waals surface area (Å²) in [5.74, 6) is -0.580. The molecule has 0 atom stereocenters. The van der Waals surface area contributed by atoms with Crippen LogP contribution in [-0.2, 0) is 0 Å². The number of fused-ring (bicyclic) bond motifs is 1. The third kappa shape index (κ3) is 2.88. The molecule has 2 aromatic carbocycles. The average molecular weight is 294 g/mol. The number of benzene rings is 2. The van der Waals surface area contributed by atoms with Crippen LogP contribution in [0.3, 0.4) is 0 Å². The minimum atomic E-state index is -0.580. The molecule has 0 saturated heterocycles. The lowest BCUT2D eigenvalue weighted by atomic mass is 10.2. The third-order valence-electron chi connectivity index (χ3n) is 3.10. The van der Waals surface area contributed by atoms with Crippen LogP contribution in [0, 0.1) is 17.1 Å². The van der Waals surface area contributed by atoms with Crippen LogP contribution in [0.2, 0.25) is 0 Å². The number of carbonyl (C=O) groups excluding carboxylic acids is 1. The molecule has 6 heteroatoms. The number of nitrogens with zero attached hydrogens (tertiary/aromatic N) is 1. The zero-order chi connectivity index (χ0) is 15.5. The Morgan fingerprint density at radius 1 is 1.09 bits per heavy atom. The first-order chi connectivity index (χ1) is 10.6. The van der Waals surface area contributed by atoms with E-state index < -0.39 is 11.8 Å². The molecule has 2 amide bonds. The minimum absolute atomic E-state index is 0.143. The SMILES string of the molecule is N#Cc1cc(F)cc(NC(=O)Nc2ccc3[nH]ccc3c2)c1. The van der Waals surface area contributed by atoms with Crippen molar-refractivity contribution in [2.24, 2.45) is 0 Å². The molecule has 0 aliphatic heterocycles. The largest absolute Gasteiger partial charge is 0.361 e. The third-order valence-corrected chi connectivity index (χ3v) is 3.10. The Bertz CT molecular complexity index is 895. The Morgan fingerprint density at radius 2 is 1.91 bits per heavy atom. The molecule has 22 heavy (non-hydrogen) atoms. The van der Waals surface area contributed by atoms with E-state index in [1.54, 1.807) is 6.07 Å². The summed E-state index contributed by atoms with van der Waals surface area (Å²) in [5.41, 5.74) is 1.94. The second-order valence-electron chi connectivity index (χ2n) is 4.70. The van der Waals surface area contributed by atoms with E-state index in [4.69, 9.17) is 5.26 Å². The summed E-state index contributed by atoms with van der Waals surface area (Å²) in [4.78, 5) is 15.0. The Kier molecular flexibility index (Phi) is 3.46. The maximum absolute atomic E-state index is 13.3. The van der Waals surface area contributed by atoms with E-state index in [-0.39, 0.29) is 11.3 Å². The number of amides is 2. The maximum Gasteiger partial charge on any atom is 0.323 e. The first-order valence-electron chi connectivity index (χ1n) is 6.50. The summed E-state index contributed by atoms with van der Waals surface area (Å²) in [7, 11) is 0. The molecule has 1 aromatic heterocycles. The van der Waals surface area contributed by atoms with Gasteiger partial charge in [0.25, 0.3) is 0 Å². The van der Waals surface area contributed by atoms with Crippen LogP contribution in [0.5, 0.6) is 0 Å². The predicted octanol–water partition coefficient (Wildman–Crippen LogP) is 3.82. The summed E-state index contributed by atoms with van der Waals surface area (Å²) in [5, 5.41) is 14.9. The van der Waals surface area contributed by atoms with Gasteiger partial charge in [-0.05, 0) is 42.5 Å². The number of nitrogens with one attached hydrogen (secondary N) is 3. The molecule has 3 N–H and O–H groups in total. The van der Waals surface area contributed by atoms with Gasteiger partial charge in [-0.15, -0.1) is 0 Å². The second-order valence-corrected chi connectivity index (χ2v) is 4.70. The Morgan fingerprint density at radius 3 is 2.73 bits per heavy atom. The molecule has 0 spiro atoms. The highest BCUT2D eigenvalue weighted by molar-refractivity contribution is 6.01. The summed E-state index contributed by atoms with van der Waals surface area (Å²) in [6.45, 7) is 0. The molecule has 108 valence electrons. The van der Waals surface area contributed by atoms with E-state index >= 15 is 0 Å². The standard InChI is InChI=1S/C16H11FN4O/c17-12-5-10(9-18)6-14(8-12)21-16(22)20-13-1-2-15-11(7-13)3-4-19-15/h1-8,19H,(H2,20,21,22). The summed E-state index contributed by atoms with van der Waals surface area (Å²) < 4.78 is 13.3. The van der Waals surface area contributed by atoms with Crippen molar-refractivity contribution in [3.8, 4) is 6.07 Å². The van der Waals surface area contributed by atoms with Gasteiger partial charge in [0.1, 0.15) is 5.82 Å². The van der Waals surface area contributed by atoms with Crippen molar-refractivity contribution in [2.45, 2.75) is 0 Å². The van der Waals surface area contributed by atoms with Crippen molar-refractivity contribution in [2.75, 3.05) is 10.6 Å². The lowest BCUT2D eigenvalue weighted by molar-refractivity contribution is 0.262. The molecule has 0 fully saturated rings. The van der Waals surface area contributed by atoms with Crippen molar-refractivity contribution in [1.82, 2.24) is 4.98 Å². The van der Waals surface area contributed by atoms with Crippen LogP contribution >= 0.6 is 0 Å². The van der Waals surface area contributed by atoms with Crippen molar-refractivity contribution in [3.63, 3.8) is 0 Å². The number of rotatable bonds is 2. The van der Waals surface area contributed by atoms with E-state index in [0.29, 0.717) is 5.69 Å². The number of hydrogen-bond acceptors (Lipinski definition) is 2. The van der Waals surface area contributed by atoms with Crippen molar-refractivity contribution < 1.29 is 9.18 Å². The van der Waals surface area contributed by atoms with Gasteiger partial charge < -0.3 is 15.6 Å². The topological polar surface area (TPSA) is 80.7 Å². The van der Waals surface area contributed by atoms with E-state index in [1.807, 2.05) is 30.5 Å². The summed E-state index contributed by atoms with van der Waals surface area (Å²) in [6.07, 6.45) is 1.81. The molecule has 3 aromatic rings. The Labute approximate surface area is 125 Å². The van der Waals surface area contributed by atoms with Crippen LogP contribution in [0.25, 0.3) is 10.9 Å². The van der Waals surface area contributed by atoms with Gasteiger partial charge >= 0.3 is 6.03 Å². The van der Waals surface area contributed by atoms with Crippen LogP contribution in [0.4, 0.5) is 20.6 Å². The van der Waals surface area contributed by atoms with Crippen LogP contribution < -0.4 is 10.6 Å². The number of aromatic amines is 1. The normalized spacial score (nSPS) is 10.2. The lowest BCUT2D eigenvalue weighted by Crippen LogP contribution is -2.19. The number of halogens is 1. The van der Waals surface area contributed by atoms with Crippen LogP contribution in [-0.4, -0.2) is 11.0 Å². The molecule has 0 radical (unpaired) electrons. The first kappa shape index (κ1) is 13.6. The van der Waals surface area contributed by atoms with Crippen molar-refractivity contribution in [3.05, 3.63) is 60.0 Å². The highest BCUT2D eigenvalue weighted by atomic mass is 19.1. The van der Waals surface area contributed by atoms with E-state index in [2.05, 4.69) is 15.6 Å². The molecular weight excluding hydrogens is 283 g/mol. The molecule has 0 aliphatic carbocycles. The maximum atomic E-state index is 13.3. The van der Waals surface area contributed by atoms with Gasteiger partial charge in [0, 0.05) is 28.5 Å². The fourth-order valence-corrected chi connectivity index (χ4v) is 2.15. The summed E-state index contributed by atoms with van der Waals surface area (Å²) >= 11 is 0. The number of carbonyl (C=O) groups is 1. The van der Waals surface area contributed by atoms with Gasteiger partial charge in [-0.3, -0.25) is 0 Å². The zero-order valence-corrected chi connectivity index (χ0v) is 11.4. The zero-order valence-electron chi connectivity index (χ0n) is 11.4. The van der Waals surface area contributed by atoms with Gasteiger partial charge in [0.05, 0.1) is 11.6 Å². The second kappa shape index (κ2) is 5.58. The molecule has 0 aliphatic rings. The first-order valence-corrected chi connectivity index (χ1v) is 6.50. The van der Waals surface area contributed by atoms with Gasteiger partial charge in [0.2, 0.25) is 0 Å². The molecular formula is C16H11FN4O. The number of urea groups is 1. The fraction of sp³-hybridized carbons (Fsp3) is 0. The number of hydrogen-bond donors (Lipinski definition) is 3. The van der Waals surface area contributed by atoms with E-state index in [0.717, 1.165) is 23.0 Å². The highest BCUT2D eigenvalue weighted by Gasteiger charge is 2.06. The van der Waals surface area contributed by atoms with Crippen LogP contribution in [0.1, 0.15) is 5.56 Å². The number of aromatic nitrogens is 1. The Hall–Kier alpha value is -3.33. The van der Waals surface area contributed by atoms with Gasteiger partial charge in [-0.2, -0.15) is 5.26 Å². The molecule has 1 heterocycles. The number of anilines is 2. The van der Waals surface area contributed by atoms with Gasteiger partial charge in [-0.25, -0.2) is 9.18 Å². The number of nitriles is 1. The lowest BCUT2D eigenvalue weighted by Gasteiger charge is -2.08. The molecule has 0 saturated carbocycles. The minimum Gasteiger partial charge on any atom is -0.361 e. The van der Waals surface area contributed by atoms with Crippen LogP contribution in [0.15, 0.2) is 48.7 Å². The average Bonchev–Trinajstić information content (AvgIpc) is 2.93. The predicted molar refractivity (Wildman–Crippen MR) is 82.1 cm³/mol. The highest BCUT2D eigenvalue weighted by Crippen LogP contribution is 2.18. The van der Waals surface area contributed by atoms with Gasteiger partial charge in [0.15, 0.2) is 0 Å². The van der Waals surface area contributed by atoms with E-state index in [1.165, 1.54) is 6.07 Å². The van der Waals surface area contributed by atoms with E-state index in [9.17, 15) is 9.18 Å². The molecule has 0 unspecified atom stereocenters. The monoisotopic (exact) mass is 294 g/mol. The summed E-state index contributed by atoms with van der Waals surface area (Å²) in [6, 6.07) is 12.3. The molecule has 0 bridgehead atoms. The quantitative estimate of drug-likeness (QED) is 0.671. The van der Waals surface area contributed by atoms with Gasteiger partial charge in [-0.1, -0.05) is 0 Å². The smallest absolute Gasteiger partial charge is 0.323 e. The van der Waals surface area contributed by atoms with Crippen molar-refractivity contribution in [1.29, 1.82) is 5.26 Å². The number of H-pyrrole nitrogens is 1.